The average Bonchev–Trinajstić information content (AvgIpc) is 2.74. The molecule has 2 saturated heterocycles. The Kier molecular flexibility index (Phi) is 7.80. The van der Waals surface area contributed by atoms with E-state index in [1.165, 1.54) is 38.0 Å². The number of nitrogens with zero attached hydrogens (tertiary/aromatic N) is 2. The number of sulfone groups is 1. The van der Waals surface area contributed by atoms with Crippen LogP contribution < -0.4 is 0 Å². The molecule has 2 aliphatic rings. The minimum absolute atomic E-state index is 0.318. The number of rotatable bonds is 7. The molecule has 5 heteroatoms. The highest BCUT2D eigenvalue weighted by Crippen LogP contribution is 2.31. The van der Waals surface area contributed by atoms with Gasteiger partial charge < -0.3 is 9.80 Å². The Hall–Kier alpha value is -0.910. The third kappa shape index (κ3) is 5.62. The van der Waals surface area contributed by atoms with Gasteiger partial charge in [-0.2, -0.15) is 0 Å². The highest BCUT2D eigenvalue weighted by Gasteiger charge is 2.27. The van der Waals surface area contributed by atoms with Gasteiger partial charge in [0, 0.05) is 12.6 Å². The minimum Gasteiger partial charge on any atom is -0.303 e. The smallest absolute Gasteiger partial charge is 0.180 e. The fraction of sp³-hybridized carbons (Fsp3) is 0.750. The minimum atomic E-state index is -3.21. The zero-order valence-electron chi connectivity index (χ0n) is 18.8. The maximum atomic E-state index is 12.7. The molecule has 1 aromatic carbocycles. The highest BCUT2D eigenvalue weighted by molar-refractivity contribution is 7.92. The first-order valence-corrected chi connectivity index (χ1v) is 13.2. The van der Waals surface area contributed by atoms with E-state index in [-0.39, 0.29) is 5.25 Å². The second-order valence-electron chi connectivity index (χ2n) is 9.48. The van der Waals surface area contributed by atoms with Crippen LogP contribution in [-0.2, 0) is 9.84 Å². The van der Waals surface area contributed by atoms with E-state index in [4.69, 9.17) is 0 Å². The maximum absolute atomic E-state index is 12.7. The average molecular weight is 421 g/mol. The van der Waals surface area contributed by atoms with Crippen LogP contribution in [0.25, 0.3) is 0 Å². The van der Waals surface area contributed by atoms with E-state index in [0.29, 0.717) is 23.3 Å². The van der Waals surface area contributed by atoms with Gasteiger partial charge in [-0.05, 0) is 109 Å². The van der Waals surface area contributed by atoms with Crippen LogP contribution in [0.4, 0.5) is 0 Å². The summed E-state index contributed by atoms with van der Waals surface area (Å²) in [5, 5.41) is -0.318. The second-order valence-corrected chi connectivity index (χ2v) is 11.9. The lowest BCUT2D eigenvalue weighted by Crippen LogP contribution is -2.43. The van der Waals surface area contributed by atoms with E-state index in [1.54, 1.807) is 6.07 Å². The van der Waals surface area contributed by atoms with E-state index in [9.17, 15) is 8.42 Å². The van der Waals surface area contributed by atoms with E-state index >= 15 is 0 Å². The molecule has 0 N–H and O–H groups in total. The number of piperidine rings is 2. The normalized spacial score (nSPS) is 22.2. The van der Waals surface area contributed by atoms with Crippen LogP contribution in [0, 0.1) is 5.92 Å². The molecule has 0 radical (unpaired) electrons. The van der Waals surface area contributed by atoms with Crippen LogP contribution in [0.5, 0.6) is 0 Å². The Bertz CT molecular complexity index is 746. The van der Waals surface area contributed by atoms with Crippen molar-refractivity contribution in [2.75, 3.05) is 32.7 Å². The standard InChI is InChI=1S/C24H40N2O2S/c1-5-20(4)29(27,28)24-8-6-7-23(17-24)22-11-13-25(14-12-22)18-21-9-15-26(16-10-21)19(2)3/h6-8,17,19-22H,5,9-16,18H2,1-4H3. The van der Waals surface area contributed by atoms with Gasteiger partial charge in [-0.25, -0.2) is 8.42 Å². The van der Waals surface area contributed by atoms with Crippen LogP contribution in [0.15, 0.2) is 29.2 Å². The Morgan fingerprint density at radius 3 is 2.24 bits per heavy atom. The molecule has 0 aromatic heterocycles. The van der Waals surface area contributed by atoms with Gasteiger partial charge in [-0.3, -0.25) is 0 Å². The van der Waals surface area contributed by atoms with Crippen molar-refractivity contribution in [3.05, 3.63) is 29.8 Å². The van der Waals surface area contributed by atoms with Crippen molar-refractivity contribution in [1.82, 2.24) is 9.80 Å². The maximum Gasteiger partial charge on any atom is 0.180 e. The molecule has 0 aliphatic carbocycles. The molecule has 1 atom stereocenters. The van der Waals surface area contributed by atoms with Gasteiger partial charge in [0.15, 0.2) is 9.84 Å². The van der Waals surface area contributed by atoms with Gasteiger partial charge in [0.1, 0.15) is 0 Å². The third-order valence-corrected chi connectivity index (χ3v) is 9.55. The first-order chi connectivity index (χ1) is 13.8. The number of likely N-dealkylation sites (tertiary alicyclic amines) is 2. The van der Waals surface area contributed by atoms with Crippen molar-refractivity contribution >= 4 is 9.84 Å². The molecule has 2 fully saturated rings. The molecule has 0 saturated carbocycles. The lowest BCUT2D eigenvalue weighted by molar-refractivity contribution is 0.111. The quantitative estimate of drug-likeness (QED) is 0.648. The van der Waals surface area contributed by atoms with Gasteiger partial charge in [0.25, 0.3) is 0 Å². The van der Waals surface area contributed by atoms with Crippen molar-refractivity contribution in [2.45, 2.75) is 81.9 Å². The van der Waals surface area contributed by atoms with Crippen LogP contribution >= 0.6 is 0 Å². The summed E-state index contributed by atoms with van der Waals surface area (Å²) in [6.07, 6.45) is 5.58. The Morgan fingerprint density at radius 2 is 1.66 bits per heavy atom. The molecule has 2 heterocycles. The molecule has 1 aromatic rings. The van der Waals surface area contributed by atoms with Crippen molar-refractivity contribution in [3.63, 3.8) is 0 Å². The number of hydrogen-bond acceptors (Lipinski definition) is 4. The van der Waals surface area contributed by atoms with Crippen LogP contribution in [-0.4, -0.2) is 62.2 Å². The third-order valence-electron chi connectivity index (χ3n) is 7.25. The molecule has 0 amide bonds. The topological polar surface area (TPSA) is 40.6 Å². The number of benzene rings is 1. The van der Waals surface area contributed by atoms with Crippen molar-refractivity contribution in [1.29, 1.82) is 0 Å². The van der Waals surface area contributed by atoms with Crippen LogP contribution in [0.3, 0.4) is 0 Å². The summed E-state index contributed by atoms with van der Waals surface area (Å²) in [6.45, 7) is 14.4. The molecular formula is C24H40N2O2S. The SMILES string of the molecule is CCC(C)S(=O)(=O)c1cccc(C2CCN(CC3CCN(C(C)C)CC3)CC2)c1. The second kappa shape index (κ2) is 9.93. The lowest BCUT2D eigenvalue weighted by Gasteiger charge is -2.39. The summed E-state index contributed by atoms with van der Waals surface area (Å²) < 4.78 is 25.5. The predicted octanol–water partition coefficient (Wildman–Crippen LogP) is 4.56. The van der Waals surface area contributed by atoms with Crippen molar-refractivity contribution in [3.8, 4) is 0 Å². The molecule has 164 valence electrons. The largest absolute Gasteiger partial charge is 0.303 e. The molecule has 0 spiro atoms. The van der Waals surface area contributed by atoms with Gasteiger partial charge in [0.2, 0.25) is 0 Å². The highest BCUT2D eigenvalue weighted by atomic mass is 32.2. The molecule has 4 nitrogen and oxygen atoms in total. The van der Waals surface area contributed by atoms with Crippen molar-refractivity contribution < 1.29 is 8.42 Å². The van der Waals surface area contributed by atoms with E-state index in [2.05, 4.69) is 29.7 Å². The summed E-state index contributed by atoms with van der Waals surface area (Å²) in [5.41, 5.74) is 1.21. The summed E-state index contributed by atoms with van der Waals surface area (Å²) in [4.78, 5) is 5.75. The predicted molar refractivity (Wildman–Crippen MR) is 121 cm³/mol. The molecule has 2 aliphatic heterocycles. The van der Waals surface area contributed by atoms with Crippen LogP contribution in [0.2, 0.25) is 0 Å². The monoisotopic (exact) mass is 420 g/mol. The Balaban J connectivity index is 1.53. The molecule has 1 unspecified atom stereocenters. The van der Waals surface area contributed by atoms with E-state index in [0.717, 1.165) is 31.8 Å². The summed E-state index contributed by atoms with van der Waals surface area (Å²) in [6, 6.07) is 8.44. The van der Waals surface area contributed by atoms with Crippen molar-refractivity contribution in [2.24, 2.45) is 5.92 Å². The van der Waals surface area contributed by atoms with Gasteiger partial charge in [-0.15, -0.1) is 0 Å². The summed E-state index contributed by atoms with van der Waals surface area (Å²) >= 11 is 0. The Labute approximate surface area is 178 Å². The molecule has 3 rings (SSSR count). The van der Waals surface area contributed by atoms with Gasteiger partial charge in [-0.1, -0.05) is 19.1 Å². The lowest BCUT2D eigenvalue weighted by atomic mass is 9.88. The molecular weight excluding hydrogens is 380 g/mol. The summed E-state index contributed by atoms with van der Waals surface area (Å²) in [5.74, 6) is 1.33. The Morgan fingerprint density at radius 1 is 1.00 bits per heavy atom. The first kappa shape index (κ1) is 22.8. The zero-order chi connectivity index (χ0) is 21.0. The number of hydrogen-bond donors (Lipinski definition) is 0. The zero-order valence-corrected chi connectivity index (χ0v) is 19.6. The molecule has 29 heavy (non-hydrogen) atoms. The van der Waals surface area contributed by atoms with Gasteiger partial charge in [0.05, 0.1) is 10.1 Å². The first-order valence-electron chi connectivity index (χ1n) is 11.6. The fourth-order valence-electron chi connectivity index (χ4n) is 4.86. The van der Waals surface area contributed by atoms with E-state index in [1.807, 2.05) is 26.0 Å². The molecule has 0 bridgehead atoms. The van der Waals surface area contributed by atoms with Gasteiger partial charge >= 0.3 is 0 Å². The van der Waals surface area contributed by atoms with E-state index < -0.39 is 9.84 Å². The fourth-order valence-corrected chi connectivity index (χ4v) is 6.34. The van der Waals surface area contributed by atoms with Crippen LogP contribution in [0.1, 0.15) is 71.3 Å². The summed E-state index contributed by atoms with van der Waals surface area (Å²) in [7, 11) is -3.21.